The molecule has 2 aromatic heterocycles. The maximum Gasteiger partial charge on any atom is 0.0415 e. The first-order valence-electron chi connectivity index (χ1n) is 5.23. The Bertz CT molecular complexity index is 469. The van der Waals surface area contributed by atoms with Gasteiger partial charge in [-0.2, -0.15) is 0 Å². The molecule has 2 heterocycles. The molecule has 2 rings (SSSR count). The lowest BCUT2D eigenvalue weighted by Gasteiger charge is -2.17. The molecule has 0 aliphatic carbocycles. The van der Waals surface area contributed by atoms with Gasteiger partial charge in [-0.15, -0.1) is 0 Å². The minimum atomic E-state index is 0.285. The minimum absolute atomic E-state index is 0.285. The Morgan fingerprint density at radius 1 is 1.13 bits per heavy atom. The van der Waals surface area contributed by atoms with Crippen molar-refractivity contribution in [2.24, 2.45) is 5.41 Å². The van der Waals surface area contributed by atoms with E-state index in [9.17, 15) is 0 Å². The van der Waals surface area contributed by atoms with E-state index in [0.717, 1.165) is 17.5 Å². The molecule has 78 valence electrons. The molecule has 0 radical (unpaired) electrons. The van der Waals surface area contributed by atoms with Crippen LogP contribution in [0.2, 0.25) is 0 Å². The molecule has 0 aromatic carbocycles. The zero-order valence-corrected chi connectivity index (χ0v) is 9.49. The molecule has 0 aliphatic heterocycles. The summed E-state index contributed by atoms with van der Waals surface area (Å²) in [6, 6.07) is 4.19. The summed E-state index contributed by atoms with van der Waals surface area (Å²) in [4.78, 5) is 8.53. The van der Waals surface area contributed by atoms with Crippen molar-refractivity contribution < 1.29 is 0 Å². The zero-order valence-electron chi connectivity index (χ0n) is 9.49. The monoisotopic (exact) mass is 200 g/mol. The molecule has 0 amide bonds. The molecule has 0 bridgehead atoms. The SMILES string of the molecule is CC(C)(C)Cc1cc2ccncc2cn1. The summed E-state index contributed by atoms with van der Waals surface area (Å²) in [5.41, 5.74) is 1.44. The summed E-state index contributed by atoms with van der Waals surface area (Å²) >= 11 is 0. The van der Waals surface area contributed by atoms with Gasteiger partial charge in [-0.25, -0.2) is 0 Å². The zero-order chi connectivity index (χ0) is 10.9. The van der Waals surface area contributed by atoms with Gasteiger partial charge in [-0.1, -0.05) is 20.8 Å². The smallest absolute Gasteiger partial charge is 0.0415 e. The number of hydrogen-bond donors (Lipinski definition) is 0. The Morgan fingerprint density at radius 2 is 1.93 bits per heavy atom. The maximum atomic E-state index is 4.45. The number of nitrogens with zero attached hydrogens (tertiary/aromatic N) is 2. The summed E-state index contributed by atoms with van der Waals surface area (Å²) < 4.78 is 0. The fraction of sp³-hybridized carbons (Fsp3) is 0.385. The molecule has 15 heavy (non-hydrogen) atoms. The van der Waals surface area contributed by atoms with Gasteiger partial charge in [0.25, 0.3) is 0 Å². The van der Waals surface area contributed by atoms with Crippen LogP contribution < -0.4 is 0 Å². The van der Waals surface area contributed by atoms with Crippen LogP contribution in [-0.2, 0) is 6.42 Å². The summed E-state index contributed by atoms with van der Waals surface area (Å²) in [5.74, 6) is 0. The first kappa shape index (κ1) is 10.1. The molecular weight excluding hydrogens is 184 g/mol. The highest BCUT2D eigenvalue weighted by atomic mass is 14.7. The highest BCUT2D eigenvalue weighted by Gasteiger charge is 2.12. The second-order valence-corrected chi connectivity index (χ2v) is 5.14. The molecule has 2 aromatic rings. The van der Waals surface area contributed by atoms with Gasteiger partial charge in [0.1, 0.15) is 0 Å². The van der Waals surface area contributed by atoms with E-state index in [-0.39, 0.29) is 5.41 Å². The van der Waals surface area contributed by atoms with Gasteiger partial charge < -0.3 is 0 Å². The van der Waals surface area contributed by atoms with E-state index in [4.69, 9.17) is 0 Å². The van der Waals surface area contributed by atoms with E-state index in [1.807, 2.05) is 24.7 Å². The fourth-order valence-electron chi connectivity index (χ4n) is 1.67. The second-order valence-electron chi connectivity index (χ2n) is 5.14. The molecule has 2 nitrogen and oxygen atoms in total. The van der Waals surface area contributed by atoms with Crippen LogP contribution in [-0.4, -0.2) is 9.97 Å². The predicted molar refractivity (Wildman–Crippen MR) is 62.7 cm³/mol. The van der Waals surface area contributed by atoms with Crippen molar-refractivity contribution >= 4 is 10.8 Å². The van der Waals surface area contributed by atoms with Crippen molar-refractivity contribution in [1.82, 2.24) is 9.97 Å². The Kier molecular flexibility index (Phi) is 2.43. The molecule has 0 atom stereocenters. The van der Waals surface area contributed by atoms with Crippen LogP contribution in [0.4, 0.5) is 0 Å². The van der Waals surface area contributed by atoms with Gasteiger partial charge >= 0.3 is 0 Å². The van der Waals surface area contributed by atoms with Crippen LogP contribution in [0, 0.1) is 5.41 Å². The summed E-state index contributed by atoms with van der Waals surface area (Å²) in [7, 11) is 0. The highest BCUT2D eigenvalue weighted by Crippen LogP contribution is 2.21. The van der Waals surface area contributed by atoms with Crippen molar-refractivity contribution in [2.75, 3.05) is 0 Å². The molecule has 2 heteroatoms. The molecule has 0 N–H and O–H groups in total. The third-order valence-electron chi connectivity index (χ3n) is 2.29. The average Bonchev–Trinajstić information content (AvgIpc) is 2.15. The topological polar surface area (TPSA) is 25.8 Å². The summed E-state index contributed by atoms with van der Waals surface area (Å²) in [5, 5.41) is 2.33. The number of rotatable bonds is 1. The third-order valence-corrected chi connectivity index (χ3v) is 2.29. The maximum absolute atomic E-state index is 4.45. The molecule has 0 aliphatic rings. The Labute approximate surface area is 90.4 Å². The van der Waals surface area contributed by atoms with Gasteiger partial charge in [-0.3, -0.25) is 9.97 Å². The lowest BCUT2D eigenvalue weighted by molar-refractivity contribution is 0.406. The first-order valence-corrected chi connectivity index (χ1v) is 5.23. The van der Waals surface area contributed by atoms with Gasteiger partial charge in [0.05, 0.1) is 0 Å². The van der Waals surface area contributed by atoms with Crippen molar-refractivity contribution in [2.45, 2.75) is 27.2 Å². The fourth-order valence-corrected chi connectivity index (χ4v) is 1.67. The van der Waals surface area contributed by atoms with Gasteiger partial charge in [0.2, 0.25) is 0 Å². The Hall–Kier alpha value is -1.44. The van der Waals surface area contributed by atoms with Crippen LogP contribution in [0.3, 0.4) is 0 Å². The lowest BCUT2D eigenvalue weighted by Crippen LogP contribution is -2.10. The molecule has 0 unspecified atom stereocenters. The highest BCUT2D eigenvalue weighted by molar-refractivity contribution is 5.80. The van der Waals surface area contributed by atoms with E-state index >= 15 is 0 Å². The van der Waals surface area contributed by atoms with Crippen LogP contribution in [0.1, 0.15) is 26.5 Å². The second kappa shape index (κ2) is 3.61. The molecule has 0 saturated carbocycles. The van der Waals surface area contributed by atoms with Crippen molar-refractivity contribution in [1.29, 1.82) is 0 Å². The van der Waals surface area contributed by atoms with Crippen molar-refractivity contribution in [3.05, 3.63) is 36.4 Å². The third kappa shape index (κ3) is 2.52. The lowest BCUT2D eigenvalue weighted by atomic mass is 9.90. The van der Waals surface area contributed by atoms with E-state index in [1.54, 1.807) is 0 Å². The van der Waals surface area contributed by atoms with Gasteiger partial charge in [0.15, 0.2) is 0 Å². The number of hydrogen-bond acceptors (Lipinski definition) is 2. The summed E-state index contributed by atoms with van der Waals surface area (Å²) in [6.07, 6.45) is 6.58. The van der Waals surface area contributed by atoms with Crippen molar-refractivity contribution in [3.63, 3.8) is 0 Å². The van der Waals surface area contributed by atoms with E-state index in [0.29, 0.717) is 0 Å². The van der Waals surface area contributed by atoms with Gasteiger partial charge in [-0.05, 0) is 29.4 Å². The standard InChI is InChI=1S/C13H16N2/c1-13(2,3)7-12-6-10-4-5-14-8-11(10)9-15-12/h4-6,8-9H,7H2,1-3H3. The first-order chi connectivity index (χ1) is 7.04. The number of fused-ring (bicyclic) bond motifs is 1. The Morgan fingerprint density at radius 3 is 2.67 bits per heavy atom. The molecular formula is C13H16N2. The van der Waals surface area contributed by atoms with Crippen LogP contribution >= 0.6 is 0 Å². The van der Waals surface area contributed by atoms with Crippen LogP contribution in [0.15, 0.2) is 30.7 Å². The number of aromatic nitrogens is 2. The van der Waals surface area contributed by atoms with E-state index < -0.39 is 0 Å². The normalized spacial score (nSPS) is 11.9. The molecule has 0 fully saturated rings. The average molecular weight is 200 g/mol. The molecule has 0 saturated heterocycles. The predicted octanol–water partition coefficient (Wildman–Crippen LogP) is 3.22. The molecule has 0 spiro atoms. The summed E-state index contributed by atoms with van der Waals surface area (Å²) in [6.45, 7) is 6.68. The van der Waals surface area contributed by atoms with Crippen LogP contribution in [0.5, 0.6) is 0 Å². The van der Waals surface area contributed by atoms with Gasteiger partial charge in [0, 0.05) is 29.7 Å². The van der Waals surface area contributed by atoms with E-state index in [2.05, 4.69) is 36.8 Å². The number of pyridine rings is 2. The quantitative estimate of drug-likeness (QED) is 0.706. The van der Waals surface area contributed by atoms with E-state index in [1.165, 1.54) is 5.39 Å². The minimum Gasteiger partial charge on any atom is -0.264 e. The van der Waals surface area contributed by atoms with Crippen LogP contribution in [0.25, 0.3) is 10.8 Å². The largest absolute Gasteiger partial charge is 0.264 e. The van der Waals surface area contributed by atoms with Crippen molar-refractivity contribution in [3.8, 4) is 0 Å². The Balaban J connectivity index is 2.39.